The van der Waals surface area contributed by atoms with Crippen LogP contribution in [-0.2, 0) is 0 Å². The topological polar surface area (TPSA) is 48.9 Å². The Kier molecular flexibility index (Phi) is 3.92. The number of para-hydroxylation sites is 1. The first-order valence-electron chi connectivity index (χ1n) is 5.08. The van der Waals surface area contributed by atoms with E-state index in [1.165, 1.54) is 0 Å². The van der Waals surface area contributed by atoms with Crippen LogP contribution in [0.25, 0.3) is 11.3 Å². The van der Waals surface area contributed by atoms with E-state index in [4.69, 9.17) is 0 Å². The first-order chi connectivity index (χ1) is 7.27. The lowest BCUT2D eigenvalue weighted by molar-refractivity contribution is 0.477. The first-order valence-corrected chi connectivity index (χ1v) is 5.08. The highest BCUT2D eigenvalue weighted by molar-refractivity contribution is 5.66. The standard InChI is InChI=1S/C10H10N2O.C2H6/c1-7-6-9(12-11-7)8-4-2-3-5-10(8)13;1-2/h2-6,13H,1H3,(H,11,12);1-2H3. The van der Waals surface area contributed by atoms with Crippen LogP contribution in [0.1, 0.15) is 19.5 Å². The van der Waals surface area contributed by atoms with Gasteiger partial charge in [0.2, 0.25) is 0 Å². The minimum Gasteiger partial charge on any atom is -0.507 e. The lowest BCUT2D eigenvalue weighted by Crippen LogP contribution is -1.77. The second-order valence-electron chi connectivity index (χ2n) is 2.95. The van der Waals surface area contributed by atoms with Crippen LogP contribution in [0.3, 0.4) is 0 Å². The number of phenolic OH excluding ortho intramolecular Hbond substituents is 1. The molecule has 2 aromatic rings. The van der Waals surface area contributed by atoms with Crippen LogP contribution in [0.15, 0.2) is 30.3 Å². The molecule has 1 aromatic carbocycles. The Labute approximate surface area is 89.8 Å². The highest BCUT2D eigenvalue weighted by atomic mass is 16.3. The van der Waals surface area contributed by atoms with E-state index in [0.717, 1.165) is 17.0 Å². The molecular weight excluding hydrogens is 188 g/mol. The summed E-state index contributed by atoms with van der Waals surface area (Å²) in [5, 5.41) is 16.4. The molecule has 0 radical (unpaired) electrons. The van der Waals surface area contributed by atoms with Crippen LogP contribution in [0.2, 0.25) is 0 Å². The molecule has 3 nitrogen and oxygen atoms in total. The zero-order chi connectivity index (χ0) is 11.3. The molecule has 0 fully saturated rings. The summed E-state index contributed by atoms with van der Waals surface area (Å²) in [4.78, 5) is 0. The summed E-state index contributed by atoms with van der Waals surface area (Å²) < 4.78 is 0. The van der Waals surface area contributed by atoms with Gasteiger partial charge in [-0.25, -0.2) is 0 Å². The normalized spacial score (nSPS) is 9.27. The van der Waals surface area contributed by atoms with Gasteiger partial charge < -0.3 is 5.11 Å². The lowest BCUT2D eigenvalue weighted by Gasteiger charge is -1.98. The van der Waals surface area contributed by atoms with Gasteiger partial charge in [0.1, 0.15) is 5.75 Å². The van der Waals surface area contributed by atoms with Gasteiger partial charge in [0, 0.05) is 11.3 Å². The van der Waals surface area contributed by atoms with Crippen molar-refractivity contribution in [1.82, 2.24) is 10.2 Å². The third-order valence-electron chi connectivity index (χ3n) is 1.89. The summed E-state index contributed by atoms with van der Waals surface area (Å²) >= 11 is 0. The molecule has 0 saturated heterocycles. The van der Waals surface area contributed by atoms with Crippen LogP contribution < -0.4 is 0 Å². The van der Waals surface area contributed by atoms with Crippen molar-refractivity contribution in [3.63, 3.8) is 0 Å². The van der Waals surface area contributed by atoms with Gasteiger partial charge in [0.15, 0.2) is 0 Å². The number of hydrogen-bond acceptors (Lipinski definition) is 2. The van der Waals surface area contributed by atoms with Crippen molar-refractivity contribution in [1.29, 1.82) is 0 Å². The molecule has 2 rings (SSSR count). The monoisotopic (exact) mass is 204 g/mol. The number of H-pyrrole nitrogens is 1. The molecule has 0 atom stereocenters. The molecule has 0 unspecified atom stereocenters. The average Bonchev–Trinajstić information content (AvgIpc) is 2.68. The van der Waals surface area contributed by atoms with E-state index in [-0.39, 0.29) is 5.75 Å². The van der Waals surface area contributed by atoms with Gasteiger partial charge in [-0.15, -0.1) is 0 Å². The Balaban J connectivity index is 0.000000531. The van der Waals surface area contributed by atoms with Gasteiger partial charge in [0.25, 0.3) is 0 Å². The van der Waals surface area contributed by atoms with E-state index in [9.17, 15) is 5.11 Å². The van der Waals surface area contributed by atoms with Crippen molar-refractivity contribution < 1.29 is 5.11 Å². The number of hydrogen-bond donors (Lipinski definition) is 2. The van der Waals surface area contributed by atoms with Gasteiger partial charge in [-0.1, -0.05) is 26.0 Å². The van der Waals surface area contributed by atoms with Crippen molar-refractivity contribution in [2.24, 2.45) is 0 Å². The minimum atomic E-state index is 0.258. The number of aryl methyl sites for hydroxylation is 1. The molecule has 0 saturated carbocycles. The summed E-state index contributed by atoms with van der Waals surface area (Å²) in [5.74, 6) is 0.258. The molecule has 0 amide bonds. The minimum absolute atomic E-state index is 0.258. The van der Waals surface area contributed by atoms with Crippen LogP contribution >= 0.6 is 0 Å². The summed E-state index contributed by atoms with van der Waals surface area (Å²) in [6.45, 7) is 5.93. The molecule has 0 bridgehead atoms. The number of nitrogens with zero attached hydrogens (tertiary/aromatic N) is 1. The van der Waals surface area contributed by atoms with Crippen molar-refractivity contribution in [2.75, 3.05) is 0 Å². The maximum Gasteiger partial charge on any atom is 0.125 e. The highest BCUT2D eigenvalue weighted by Crippen LogP contribution is 2.26. The maximum atomic E-state index is 9.52. The third-order valence-corrected chi connectivity index (χ3v) is 1.89. The quantitative estimate of drug-likeness (QED) is 0.749. The molecule has 2 N–H and O–H groups in total. The summed E-state index contributed by atoms with van der Waals surface area (Å²) in [7, 11) is 0. The fourth-order valence-electron chi connectivity index (χ4n) is 1.25. The number of rotatable bonds is 1. The summed E-state index contributed by atoms with van der Waals surface area (Å²) in [6, 6.07) is 9.05. The molecule has 80 valence electrons. The predicted molar refractivity (Wildman–Crippen MR) is 61.8 cm³/mol. The number of aromatic nitrogens is 2. The zero-order valence-electron chi connectivity index (χ0n) is 9.28. The number of aromatic hydroxyl groups is 1. The van der Waals surface area contributed by atoms with Crippen LogP contribution in [0.5, 0.6) is 5.75 Å². The second kappa shape index (κ2) is 5.20. The summed E-state index contributed by atoms with van der Waals surface area (Å²) in [5.41, 5.74) is 2.51. The van der Waals surface area contributed by atoms with Crippen LogP contribution in [-0.4, -0.2) is 15.3 Å². The largest absolute Gasteiger partial charge is 0.507 e. The number of benzene rings is 1. The predicted octanol–water partition coefficient (Wildman–Crippen LogP) is 3.12. The Morgan fingerprint density at radius 3 is 2.40 bits per heavy atom. The Bertz CT molecular complexity index is 421. The van der Waals surface area contributed by atoms with E-state index in [2.05, 4.69) is 10.2 Å². The van der Waals surface area contributed by atoms with E-state index >= 15 is 0 Å². The SMILES string of the molecule is CC.Cc1cc(-c2ccccc2O)n[nH]1. The molecule has 1 aromatic heterocycles. The van der Waals surface area contributed by atoms with Crippen molar-refractivity contribution in [3.8, 4) is 17.0 Å². The first kappa shape index (κ1) is 11.3. The van der Waals surface area contributed by atoms with E-state index in [1.54, 1.807) is 12.1 Å². The smallest absolute Gasteiger partial charge is 0.125 e. The Morgan fingerprint density at radius 2 is 1.87 bits per heavy atom. The van der Waals surface area contributed by atoms with E-state index in [1.807, 2.05) is 39.0 Å². The molecule has 3 heteroatoms. The fraction of sp³-hybridized carbons (Fsp3) is 0.250. The number of aromatic amines is 1. The van der Waals surface area contributed by atoms with E-state index in [0.29, 0.717) is 0 Å². The number of nitrogens with one attached hydrogen (secondary N) is 1. The molecule has 0 aliphatic rings. The van der Waals surface area contributed by atoms with Gasteiger partial charge in [0.05, 0.1) is 5.69 Å². The molecule has 0 spiro atoms. The fourth-order valence-corrected chi connectivity index (χ4v) is 1.25. The van der Waals surface area contributed by atoms with Gasteiger partial charge >= 0.3 is 0 Å². The lowest BCUT2D eigenvalue weighted by atomic mass is 10.1. The number of phenols is 1. The Morgan fingerprint density at radius 1 is 1.20 bits per heavy atom. The van der Waals surface area contributed by atoms with Crippen molar-refractivity contribution in [2.45, 2.75) is 20.8 Å². The zero-order valence-corrected chi connectivity index (χ0v) is 9.28. The molecule has 1 heterocycles. The average molecular weight is 204 g/mol. The van der Waals surface area contributed by atoms with Gasteiger partial charge in [-0.05, 0) is 25.1 Å². The van der Waals surface area contributed by atoms with Gasteiger partial charge in [-0.3, -0.25) is 5.10 Å². The van der Waals surface area contributed by atoms with Gasteiger partial charge in [-0.2, -0.15) is 5.10 Å². The Hall–Kier alpha value is -1.77. The van der Waals surface area contributed by atoms with Crippen LogP contribution in [0.4, 0.5) is 0 Å². The van der Waals surface area contributed by atoms with Crippen LogP contribution in [0, 0.1) is 6.92 Å². The molecular formula is C12H16N2O. The molecule has 0 aliphatic heterocycles. The summed E-state index contributed by atoms with van der Waals surface area (Å²) in [6.07, 6.45) is 0. The molecule has 15 heavy (non-hydrogen) atoms. The van der Waals surface area contributed by atoms with Crippen molar-refractivity contribution >= 4 is 0 Å². The van der Waals surface area contributed by atoms with Crippen molar-refractivity contribution in [3.05, 3.63) is 36.0 Å². The molecule has 0 aliphatic carbocycles. The maximum absolute atomic E-state index is 9.52. The van der Waals surface area contributed by atoms with E-state index < -0.39 is 0 Å². The third kappa shape index (κ3) is 2.59. The second-order valence-corrected chi connectivity index (χ2v) is 2.95. The highest BCUT2D eigenvalue weighted by Gasteiger charge is 2.05.